The third kappa shape index (κ3) is 3.66. The molecule has 0 saturated carbocycles. The highest BCUT2D eigenvalue weighted by Gasteiger charge is 2.15. The van der Waals surface area contributed by atoms with Gasteiger partial charge in [0.05, 0.1) is 0 Å². The third-order valence-electron chi connectivity index (χ3n) is 3.29. The summed E-state index contributed by atoms with van der Waals surface area (Å²) in [7, 11) is 0. The number of nitrogens with zero attached hydrogens (tertiary/aromatic N) is 3. The molecule has 106 valence electrons. The van der Waals surface area contributed by atoms with Crippen LogP contribution in [0.5, 0.6) is 0 Å². The Morgan fingerprint density at radius 3 is 2.85 bits per heavy atom. The van der Waals surface area contributed by atoms with E-state index in [-0.39, 0.29) is 11.9 Å². The molecule has 2 aromatic heterocycles. The Labute approximate surface area is 119 Å². The summed E-state index contributed by atoms with van der Waals surface area (Å²) in [5.74, 6) is 0.869. The molecule has 0 bridgehead atoms. The molecule has 20 heavy (non-hydrogen) atoms. The van der Waals surface area contributed by atoms with Crippen molar-refractivity contribution in [2.75, 3.05) is 6.54 Å². The summed E-state index contributed by atoms with van der Waals surface area (Å²) < 4.78 is 1.87. The molecule has 0 spiro atoms. The van der Waals surface area contributed by atoms with Crippen molar-refractivity contribution in [2.24, 2.45) is 0 Å². The van der Waals surface area contributed by atoms with E-state index in [0.29, 0.717) is 6.54 Å². The first kappa shape index (κ1) is 14.2. The number of carbonyl (C=O) groups excluding carboxylic acids is 1. The first-order chi connectivity index (χ1) is 9.68. The predicted octanol–water partition coefficient (Wildman–Crippen LogP) is 1.90. The van der Waals surface area contributed by atoms with Gasteiger partial charge >= 0.3 is 0 Å². The van der Waals surface area contributed by atoms with Crippen molar-refractivity contribution >= 4 is 5.91 Å². The number of imidazole rings is 1. The summed E-state index contributed by atoms with van der Waals surface area (Å²) in [4.78, 5) is 20.4. The second-order valence-electron chi connectivity index (χ2n) is 4.77. The van der Waals surface area contributed by atoms with E-state index >= 15 is 0 Å². The molecule has 2 rings (SSSR count). The van der Waals surface area contributed by atoms with E-state index in [1.165, 1.54) is 0 Å². The molecule has 2 aromatic rings. The van der Waals surface area contributed by atoms with Gasteiger partial charge in [-0.05, 0) is 38.8 Å². The molecule has 0 aliphatic rings. The fourth-order valence-electron chi connectivity index (χ4n) is 2.10. The Kier molecular flexibility index (Phi) is 4.87. The van der Waals surface area contributed by atoms with Crippen molar-refractivity contribution in [1.29, 1.82) is 0 Å². The van der Waals surface area contributed by atoms with Gasteiger partial charge in [-0.3, -0.25) is 9.78 Å². The fraction of sp³-hybridized carbons (Fsp3) is 0.400. The van der Waals surface area contributed by atoms with Crippen LogP contribution in [-0.2, 0) is 11.2 Å². The van der Waals surface area contributed by atoms with E-state index < -0.39 is 0 Å². The van der Waals surface area contributed by atoms with Crippen molar-refractivity contribution in [3.05, 3.63) is 48.3 Å². The number of hydrogen-bond acceptors (Lipinski definition) is 3. The van der Waals surface area contributed by atoms with Crippen molar-refractivity contribution in [2.45, 2.75) is 32.7 Å². The van der Waals surface area contributed by atoms with Gasteiger partial charge in [-0.1, -0.05) is 6.07 Å². The van der Waals surface area contributed by atoms with E-state index in [4.69, 9.17) is 0 Å². The zero-order valence-corrected chi connectivity index (χ0v) is 11.9. The van der Waals surface area contributed by atoms with Gasteiger partial charge in [0.2, 0.25) is 5.91 Å². The Morgan fingerprint density at radius 2 is 2.20 bits per heavy atom. The van der Waals surface area contributed by atoms with Crippen LogP contribution in [-0.4, -0.2) is 27.0 Å². The van der Waals surface area contributed by atoms with Crippen LogP contribution in [0, 0.1) is 6.92 Å². The standard InChI is InChI=1S/C15H20N4O/c1-12(19-11-10-16-13(19)2)15(20)18-9-5-7-14-6-3-4-8-17-14/h3-4,6,8,10-12H,5,7,9H2,1-2H3,(H,18,20)/t12-/m0/s1. The maximum Gasteiger partial charge on any atom is 0.242 e. The van der Waals surface area contributed by atoms with Gasteiger partial charge in [-0.25, -0.2) is 4.98 Å². The number of aryl methyl sites for hydroxylation is 2. The van der Waals surface area contributed by atoms with E-state index in [9.17, 15) is 4.79 Å². The Bertz CT molecular complexity index is 550. The van der Waals surface area contributed by atoms with E-state index in [2.05, 4.69) is 15.3 Å². The van der Waals surface area contributed by atoms with Gasteiger partial charge in [-0.2, -0.15) is 0 Å². The monoisotopic (exact) mass is 272 g/mol. The molecular weight excluding hydrogens is 252 g/mol. The first-order valence-corrected chi connectivity index (χ1v) is 6.85. The normalized spacial score (nSPS) is 12.1. The SMILES string of the molecule is Cc1nccn1[C@@H](C)C(=O)NCCCc1ccccn1. The molecule has 0 saturated heterocycles. The number of rotatable bonds is 6. The van der Waals surface area contributed by atoms with Crippen LogP contribution in [0.25, 0.3) is 0 Å². The number of amides is 1. The van der Waals surface area contributed by atoms with Crippen LogP contribution in [0.3, 0.4) is 0 Å². The van der Waals surface area contributed by atoms with Crippen LogP contribution in [0.2, 0.25) is 0 Å². The van der Waals surface area contributed by atoms with Crippen molar-refractivity contribution in [3.8, 4) is 0 Å². The Balaban J connectivity index is 1.74. The molecule has 2 heterocycles. The fourth-order valence-corrected chi connectivity index (χ4v) is 2.10. The van der Waals surface area contributed by atoms with E-state index in [0.717, 1.165) is 24.4 Å². The molecule has 1 atom stereocenters. The summed E-state index contributed by atoms with van der Waals surface area (Å²) in [6.45, 7) is 4.43. The van der Waals surface area contributed by atoms with Crippen molar-refractivity contribution < 1.29 is 4.79 Å². The summed E-state index contributed by atoms with van der Waals surface area (Å²) in [5, 5.41) is 2.95. The molecule has 0 aliphatic carbocycles. The number of carbonyl (C=O) groups is 1. The number of hydrogen-bond donors (Lipinski definition) is 1. The third-order valence-corrected chi connectivity index (χ3v) is 3.29. The predicted molar refractivity (Wildman–Crippen MR) is 77.2 cm³/mol. The van der Waals surface area contributed by atoms with Crippen molar-refractivity contribution in [1.82, 2.24) is 19.9 Å². The first-order valence-electron chi connectivity index (χ1n) is 6.85. The Morgan fingerprint density at radius 1 is 1.35 bits per heavy atom. The highest BCUT2D eigenvalue weighted by molar-refractivity contribution is 5.79. The summed E-state index contributed by atoms with van der Waals surface area (Å²) in [5.41, 5.74) is 1.06. The average Bonchev–Trinajstić information content (AvgIpc) is 2.90. The van der Waals surface area contributed by atoms with Crippen LogP contribution in [0.4, 0.5) is 0 Å². The van der Waals surface area contributed by atoms with Gasteiger partial charge in [0.25, 0.3) is 0 Å². The smallest absolute Gasteiger partial charge is 0.242 e. The zero-order valence-electron chi connectivity index (χ0n) is 11.9. The molecule has 5 heteroatoms. The van der Waals surface area contributed by atoms with Gasteiger partial charge in [0.15, 0.2) is 0 Å². The van der Waals surface area contributed by atoms with Crippen molar-refractivity contribution in [3.63, 3.8) is 0 Å². The van der Waals surface area contributed by atoms with Crippen LogP contribution in [0.15, 0.2) is 36.8 Å². The van der Waals surface area contributed by atoms with Crippen LogP contribution < -0.4 is 5.32 Å². The molecule has 0 unspecified atom stereocenters. The minimum atomic E-state index is -0.229. The summed E-state index contributed by atoms with van der Waals surface area (Å²) in [6, 6.07) is 5.65. The van der Waals surface area contributed by atoms with Gasteiger partial charge < -0.3 is 9.88 Å². The maximum absolute atomic E-state index is 12.0. The molecule has 0 radical (unpaired) electrons. The molecule has 0 fully saturated rings. The van der Waals surface area contributed by atoms with Gasteiger partial charge in [0, 0.05) is 30.8 Å². The van der Waals surface area contributed by atoms with Crippen LogP contribution in [0.1, 0.15) is 30.9 Å². The molecule has 1 amide bonds. The minimum absolute atomic E-state index is 0.0205. The number of pyridine rings is 1. The lowest BCUT2D eigenvalue weighted by atomic mass is 10.2. The second kappa shape index (κ2) is 6.84. The van der Waals surface area contributed by atoms with Crippen LogP contribution >= 0.6 is 0 Å². The quantitative estimate of drug-likeness (QED) is 0.817. The largest absolute Gasteiger partial charge is 0.354 e. The van der Waals surface area contributed by atoms with Gasteiger partial charge in [0.1, 0.15) is 11.9 Å². The summed E-state index contributed by atoms with van der Waals surface area (Å²) in [6.07, 6.45) is 7.09. The molecule has 1 N–H and O–H groups in total. The minimum Gasteiger partial charge on any atom is -0.354 e. The lowest BCUT2D eigenvalue weighted by Crippen LogP contribution is -2.32. The highest BCUT2D eigenvalue weighted by Crippen LogP contribution is 2.08. The number of nitrogens with one attached hydrogen (secondary N) is 1. The topological polar surface area (TPSA) is 59.8 Å². The highest BCUT2D eigenvalue weighted by atomic mass is 16.2. The molecule has 0 aromatic carbocycles. The number of aromatic nitrogens is 3. The van der Waals surface area contributed by atoms with E-state index in [1.54, 1.807) is 12.4 Å². The molecule has 0 aliphatic heterocycles. The van der Waals surface area contributed by atoms with E-state index in [1.807, 2.05) is 42.8 Å². The summed E-state index contributed by atoms with van der Waals surface area (Å²) >= 11 is 0. The molecular formula is C15H20N4O. The van der Waals surface area contributed by atoms with Gasteiger partial charge in [-0.15, -0.1) is 0 Å². The zero-order chi connectivity index (χ0) is 14.4. The lowest BCUT2D eigenvalue weighted by Gasteiger charge is -2.14. The Hall–Kier alpha value is -2.17. The second-order valence-corrected chi connectivity index (χ2v) is 4.77. The lowest BCUT2D eigenvalue weighted by molar-refractivity contribution is -0.123. The maximum atomic E-state index is 12.0. The average molecular weight is 272 g/mol. The molecule has 5 nitrogen and oxygen atoms in total.